The molecule has 0 spiro atoms. The van der Waals surface area contributed by atoms with Crippen LogP contribution in [0.3, 0.4) is 0 Å². The Balaban J connectivity index is 1.67. The number of ether oxygens (including phenoxy) is 2. The lowest BCUT2D eigenvalue weighted by Crippen LogP contribution is -2.54. The molecule has 0 radical (unpaired) electrons. The minimum atomic E-state index is -1.37. The maximum atomic E-state index is 14.1. The molecule has 3 N–H and O–H groups in total. The average Bonchev–Trinajstić information content (AvgIpc) is 2.98. The topological polar surface area (TPSA) is 157 Å². The number of thioether (sulfide) groups is 1. The van der Waals surface area contributed by atoms with Crippen LogP contribution in [0, 0.1) is 11.7 Å². The van der Waals surface area contributed by atoms with Crippen molar-refractivity contribution in [2.45, 2.75) is 51.4 Å². The zero-order valence-corrected chi connectivity index (χ0v) is 26.5. The maximum absolute atomic E-state index is 14.1. The fourth-order valence-electron chi connectivity index (χ4n) is 4.14. The van der Waals surface area contributed by atoms with Gasteiger partial charge in [-0.25, -0.2) is 14.4 Å². The number of aromatic nitrogens is 2. The van der Waals surface area contributed by atoms with Gasteiger partial charge in [0.05, 0.1) is 31.2 Å². The van der Waals surface area contributed by atoms with Crippen LogP contribution < -0.4 is 20.1 Å². The number of hydrogen-bond donors (Lipinski definition) is 3. The fraction of sp³-hybridized carbons (Fsp3) is 0.355. The van der Waals surface area contributed by atoms with Gasteiger partial charge in [0.2, 0.25) is 11.8 Å². The molecule has 2 atom stereocenters. The molecule has 0 saturated carbocycles. The Bertz CT molecular complexity index is 1480. The molecule has 2 unspecified atom stereocenters. The third-order valence-corrected chi connectivity index (χ3v) is 7.67. The van der Waals surface area contributed by atoms with Crippen molar-refractivity contribution < 1.29 is 38.1 Å². The predicted octanol–water partition coefficient (Wildman–Crippen LogP) is 4.61. The molecule has 240 valence electrons. The molecule has 0 saturated heterocycles. The van der Waals surface area contributed by atoms with Crippen LogP contribution in [0.4, 0.5) is 4.39 Å². The highest BCUT2D eigenvalue weighted by molar-refractivity contribution is 7.99. The first-order valence-corrected chi connectivity index (χ1v) is 15.6. The van der Waals surface area contributed by atoms with Crippen molar-refractivity contribution in [1.29, 1.82) is 0 Å². The molecule has 3 aromatic rings. The van der Waals surface area contributed by atoms with Gasteiger partial charge in [-0.1, -0.05) is 31.5 Å². The Morgan fingerprint density at radius 2 is 1.80 bits per heavy atom. The first-order chi connectivity index (χ1) is 21.5. The van der Waals surface area contributed by atoms with E-state index in [9.17, 15) is 28.7 Å². The van der Waals surface area contributed by atoms with Crippen LogP contribution in [0.25, 0.3) is 0 Å². The Labute approximate surface area is 269 Å². The summed E-state index contributed by atoms with van der Waals surface area (Å²) in [7, 11) is 0. The molecular weight excluding hydrogens is 627 g/mol. The van der Waals surface area contributed by atoms with Gasteiger partial charge in [-0.2, -0.15) is 0 Å². The van der Waals surface area contributed by atoms with Crippen molar-refractivity contribution in [2.24, 2.45) is 5.92 Å². The number of ketones is 1. The summed E-state index contributed by atoms with van der Waals surface area (Å²) in [4.78, 5) is 58.9. The van der Waals surface area contributed by atoms with Crippen LogP contribution in [0.5, 0.6) is 17.5 Å². The molecule has 14 heteroatoms. The van der Waals surface area contributed by atoms with Crippen molar-refractivity contribution in [3.8, 4) is 17.5 Å². The van der Waals surface area contributed by atoms with Crippen LogP contribution in [-0.2, 0) is 31.4 Å². The minimum Gasteiger partial charge on any atom is -0.494 e. The van der Waals surface area contributed by atoms with E-state index in [1.807, 2.05) is 0 Å². The van der Waals surface area contributed by atoms with E-state index >= 15 is 0 Å². The number of carboxylic acid groups (broad SMARTS) is 1. The highest BCUT2D eigenvalue weighted by atomic mass is 35.5. The van der Waals surface area contributed by atoms with Gasteiger partial charge in [0.1, 0.15) is 23.4 Å². The summed E-state index contributed by atoms with van der Waals surface area (Å²) < 4.78 is 25.4. The van der Waals surface area contributed by atoms with Crippen LogP contribution in [0.2, 0.25) is 5.02 Å². The number of carbonyl (C=O) groups excluding carboxylic acids is 3. The smallest absolute Gasteiger partial charge is 0.321 e. The SMILES string of the molecule is CCOc1ccc(Oc2ncccn2)cc1CC(=O)NC(C(=O)NC(CC(=O)O)C(=O)CSCc1c(F)cccc1Cl)C(C)C. The Morgan fingerprint density at radius 1 is 1.07 bits per heavy atom. The van der Waals surface area contributed by atoms with Crippen molar-refractivity contribution in [3.05, 3.63) is 76.8 Å². The maximum Gasteiger partial charge on any atom is 0.321 e. The number of carbonyl (C=O) groups is 4. The standard InChI is InChI=1S/C31H34ClFN4O7S/c1-4-43-26-10-9-20(44-31-34-11-6-12-35-31)13-19(26)14-27(39)37-29(18(2)3)30(42)36-24(15-28(40)41)25(38)17-45-16-21-22(32)7-5-8-23(21)33/h5-13,18,24,29H,4,14-17H2,1-3H3,(H,36,42)(H,37,39)(H,40,41). The monoisotopic (exact) mass is 660 g/mol. The summed E-state index contributed by atoms with van der Waals surface area (Å²) in [6, 6.07) is 8.46. The number of nitrogens with zero attached hydrogens (tertiary/aromatic N) is 2. The molecule has 3 rings (SSSR count). The zero-order chi connectivity index (χ0) is 32.9. The predicted molar refractivity (Wildman–Crippen MR) is 167 cm³/mol. The molecule has 0 aliphatic heterocycles. The molecule has 2 amide bonds. The molecular formula is C31H34ClFN4O7S. The lowest BCUT2D eigenvalue weighted by atomic mass is 10.0. The second-order valence-electron chi connectivity index (χ2n) is 10.1. The minimum absolute atomic E-state index is 0.0734. The lowest BCUT2D eigenvalue weighted by molar-refractivity contribution is -0.140. The Hall–Kier alpha value is -4.23. The molecule has 0 bridgehead atoms. The summed E-state index contributed by atoms with van der Waals surface area (Å²) in [6.07, 6.45) is 2.21. The first-order valence-electron chi connectivity index (χ1n) is 14.0. The van der Waals surface area contributed by atoms with Gasteiger partial charge < -0.3 is 25.2 Å². The number of rotatable bonds is 17. The van der Waals surface area contributed by atoms with Crippen molar-refractivity contribution in [1.82, 2.24) is 20.6 Å². The molecule has 45 heavy (non-hydrogen) atoms. The second-order valence-corrected chi connectivity index (χ2v) is 11.5. The summed E-state index contributed by atoms with van der Waals surface area (Å²) in [5.41, 5.74) is 0.702. The fourth-order valence-corrected chi connectivity index (χ4v) is 5.45. The van der Waals surface area contributed by atoms with Crippen LogP contribution in [0.15, 0.2) is 54.9 Å². The van der Waals surface area contributed by atoms with Crippen LogP contribution in [-0.4, -0.2) is 63.1 Å². The molecule has 0 aliphatic rings. The van der Waals surface area contributed by atoms with E-state index in [1.165, 1.54) is 30.6 Å². The number of carboxylic acids is 1. The van der Waals surface area contributed by atoms with E-state index in [2.05, 4.69) is 20.6 Å². The molecule has 1 aromatic heterocycles. The molecule has 0 fully saturated rings. The molecule has 2 aromatic carbocycles. The number of amides is 2. The molecule has 1 heterocycles. The van der Waals surface area contributed by atoms with Crippen molar-refractivity contribution in [3.63, 3.8) is 0 Å². The highest BCUT2D eigenvalue weighted by Crippen LogP contribution is 2.27. The highest BCUT2D eigenvalue weighted by Gasteiger charge is 2.30. The molecule has 0 aliphatic carbocycles. The second kappa shape index (κ2) is 17.3. The van der Waals surface area contributed by atoms with E-state index in [-0.39, 0.29) is 34.5 Å². The largest absolute Gasteiger partial charge is 0.494 e. The normalized spacial score (nSPS) is 12.2. The number of benzene rings is 2. The number of aliphatic carboxylic acids is 1. The van der Waals surface area contributed by atoms with Gasteiger partial charge in [0.25, 0.3) is 0 Å². The lowest BCUT2D eigenvalue weighted by Gasteiger charge is -2.25. The first kappa shape index (κ1) is 35.3. The van der Waals surface area contributed by atoms with Gasteiger partial charge in [0.15, 0.2) is 5.78 Å². The quantitative estimate of drug-likeness (QED) is 0.187. The van der Waals surface area contributed by atoms with Crippen LogP contribution >= 0.6 is 23.4 Å². The van der Waals surface area contributed by atoms with Gasteiger partial charge in [-0.15, -0.1) is 11.8 Å². The third-order valence-electron chi connectivity index (χ3n) is 6.34. The van der Waals surface area contributed by atoms with Gasteiger partial charge in [-0.3, -0.25) is 19.2 Å². The van der Waals surface area contributed by atoms with E-state index in [0.29, 0.717) is 23.7 Å². The van der Waals surface area contributed by atoms with E-state index in [4.69, 9.17) is 21.1 Å². The van der Waals surface area contributed by atoms with Gasteiger partial charge >= 0.3 is 12.0 Å². The number of halogens is 2. The Morgan fingerprint density at radius 3 is 2.44 bits per heavy atom. The van der Waals surface area contributed by atoms with Crippen LogP contribution in [0.1, 0.15) is 38.3 Å². The summed E-state index contributed by atoms with van der Waals surface area (Å²) in [5.74, 6) is -3.35. The van der Waals surface area contributed by atoms with Crippen molar-refractivity contribution >= 4 is 46.9 Å². The van der Waals surface area contributed by atoms with Gasteiger partial charge in [-0.05, 0) is 49.2 Å². The van der Waals surface area contributed by atoms with E-state index < -0.39 is 53.8 Å². The van der Waals surface area contributed by atoms with E-state index in [0.717, 1.165) is 11.8 Å². The summed E-state index contributed by atoms with van der Waals surface area (Å²) in [5, 5.41) is 14.8. The van der Waals surface area contributed by atoms with E-state index in [1.54, 1.807) is 45.0 Å². The average molecular weight is 661 g/mol. The number of nitrogens with one attached hydrogen (secondary N) is 2. The van der Waals surface area contributed by atoms with Gasteiger partial charge in [0, 0.05) is 34.3 Å². The zero-order valence-electron chi connectivity index (χ0n) is 24.9. The number of hydrogen-bond acceptors (Lipinski definition) is 9. The van der Waals surface area contributed by atoms with Crippen molar-refractivity contribution in [2.75, 3.05) is 12.4 Å². The summed E-state index contributed by atoms with van der Waals surface area (Å²) >= 11 is 7.08. The summed E-state index contributed by atoms with van der Waals surface area (Å²) in [6.45, 7) is 5.55. The Kier molecular flexibility index (Phi) is 13.6. The number of Topliss-reactive ketones (excluding diaryl/α,β-unsaturated/α-hetero) is 1. The third kappa shape index (κ3) is 11.0. The molecule has 11 nitrogen and oxygen atoms in total.